The van der Waals surface area contributed by atoms with E-state index in [-0.39, 0.29) is 0 Å². The molecule has 1 aromatic rings. The zero-order valence-corrected chi connectivity index (χ0v) is 9.94. The van der Waals surface area contributed by atoms with Gasteiger partial charge in [-0.1, -0.05) is 0 Å². The zero-order chi connectivity index (χ0) is 12.3. The Morgan fingerprint density at radius 2 is 2.41 bits per heavy atom. The molecule has 2 atom stereocenters. The molecule has 0 radical (unpaired) electrons. The van der Waals surface area contributed by atoms with E-state index in [2.05, 4.69) is 22.5 Å². The van der Waals surface area contributed by atoms with Gasteiger partial charge in [-0.3, -0.25) is 4.79 Å². The Hall–Kier alpha value is -1.62. The number of hydrogen-bond donors (Lipinski definition) is 3. The molecule has 0 spiro atoms. The minimum Gasteiger partial charge on any atom is -0.367 e. The van der Waals surface area contributed by atoms with Gasteiger partial charge in [-0.25, -0.2) is 4.98 Å². The standard InChI is InChI=1S/C12H18N4O/c1-8-6-10(4-5-14-8)16-11-3-2-9(7-15-11)12(13)17/h2-3,7-8,10,14H,4-6H2,1H3,(H2,13,17)(H,15,16). The van der Waals surface area contributed by atoms with E-state index in [1.165, 1.54) is 6.20 Å². The van der Waals surface area contributed by atoms with Crippen LogP contribution in [0.3, 0.4) is 0 Å². The Morgan fingerprint density at radius 3 is 3.00 bits per heavy atom. The largest absolute Gasteiger partial charge is 0.367 e. The molecule has 1 amide bonds. The van der Waals surface area contributed by atoms with Gasteiger partial charge in [-0.2, -0.15) is 0 Å². The van der Waals surface area contributed by atoms with Crippen molar-refractivity contribution in [2.24, 2.45) is 5.73 Å². The maximum absolute atomic E-state index is 10.9. The lowest BCUT2D eigenvalue weighted by Crippen LogP contribution is -2.41. The van der Waals surface area contributed by atoms with E-state index in [4.69, 9.17) is 5.73 Å². The molecule has 2 unspecified atom stereocenters. The number of nitrogens with two attached hydrogens (primary N) is 1. The van der Waals surface area contributed by atoms with E-state index in [1.807, 2.05) is 0 Å². The van der Waals surface area contributed by atoms with Gasteiger partial charge in [0.2, 0.25) is 5.91 Å². The summed E-state index contributed by atoms with van der Waals surface area (Å²) in [6.07, 6.45) is 3.68. The lowest BCUT2D eigenvalue weighted by Gasteiger charge is -2.29. The highest BCUT2D eigenvalue weighted by Gasteiger charge is 2.18. The number of amides is 1. The van der Waals surface area contributed by atoms with Gasteiger partial charge in [0, 0.05) is 18.3 Å². The van der Waals surface area contributed by atoms with Crippen molar-refractivity contribution in [3.05, 3.63) is 23.9 Å². The molecule has 0 aliphatic carbocycles. The van der Waals surface area contributed by atoms with Crippen LogP contribution in [0.2, 0.25) is 0 Å². The normalized spacial score (nSPS) is 24.3. The monoisotopic (exact) mass is 234 g/mol. The molecule has 1 aliphatic heterocycles. The van der Waals surface area contributed by atoms with Crippen molar-refractivity contribution in [2.75, 3.05) is 11.9 Å². The number of nitrogens with zero attached hydrogens (tertiary/aromatic N) is 1. The number of carbonyl (C=O) groups excluding carboxylic acids is 1. The number of piperidine rings is 1. The molecule has 4 N–H and O–H groups in total. The molecule has 1 aliphatic rings. The van der Waals surface area contributed by atoms with Crippen LogP contribution in [0.5, 0.6) is 0 Å². The average Bonchev–Trinajstić information content (AvgIpc) is 2.29. The van der Waals surface area contributed by atoms with Gasteiger partial charge in [0.15, 0.2) is 0 Å². The van der Waals surface area contributed by atoms with Crippen molar-refractivity contribution in [3.63, 3.8) is 0 Å². The maximum atomic E-state index is 10.9. The van der Waals surface area contributed by atoms with Crippen LogP contribution in [0.15, 0.2) is 18.3 Å². The van der Waals surface area contributed by atoms with Crippen molar-refractivity contribution in [1.82, 2.24) is 10.3 Å². The predicted molar refractivity (Wildman–Crippen MR) is 66.9 cm³/mol. The molecule has 17 heavy (non-hydrogen) atoms. The quantitative estimate of drug-likeness (QED) is 0.720. The third kappa shape index (κ3) is 3.17. The second kappa shape index (κ2) is 5.14. The van der Waals surface area contributed by atoms with Crippen molar-refractivity contribution in [3.8, 4) is 0 Å². The van der Waals surface area contributed by atoms with Crippen LogP contribution in [0.25, 0.3) is 0 Å². The molecule has 0 bridgehead atoms. The van der Waals surface area contributed by atoms with Gasteiger partial charge in [-0.15, -0.1) is 0 Å². The lowest BCUT2D eigenvalue weighted by atomic mass is 10.0. The Bertz CT molecular complexity index is 390. The summed E-state index contributed by atoms with van der Waals surface area (Å²) in [6, 6.07) is 4.47. The van der Waals surface area contributed by atoms with Crippen LogP contribution in [-0.4, -0.2) is 29.5 Å². The number of anilines is 1. The van der Waals surface area contributed by atoms with E-state index < -0.39 is 5.91 Å². The first kappa shape index (κ1) is 11.9. The van der Waals surface area contributed by atoms with E-state index in [9.17, 15) is 4.79 Å². The van der Waals surface area contributed by atoms with Gasteiger partial charge in [0.25, 0.3) is 0 Å². The van der Waals surface area contributed by atoms with Crippen molar-refractivity contribution < 1.29 is 4.79 Å². The van der Waals surface area contributed by atoms with Gasteiger partial charge in [0.1, 0.15) is 5.82 Å². The fourth-order valence-electron chi connectivity index (χ4n) is 2.10. The van der Waals surface area contributed by atoms with Crippen molar-refractivity contribution in [1.29, 1.82) is 0 Å². The molecular formula is C12H18N4O. The summed E-state index contributed by atoms with van der Waals surface area (Å²) in [6.45, 7) is 3.20. The zero-order valence-electron chi connectivity index (χ0n) is 9.94. The van der Waals surface area contributed by atoms with Crippen molar-refractivity contribution >= 4 is 11.7 Å². The summed E-state index contributed by atoms with van der Waals surface area (Å²) in [5.41, 5.74) is 5.60. The molecular weight excluding hydrogens is 216 g/mol. The highest BCUT2D eigenvalue weighted by Crippen LogP contribution is 2.14. The molecule has 1 fully saturated rings. The predicted octanol–water partition coefficient (Wildman–Crippen LogP) is 0.733. The van der Waals surface area contributed by atoms with E-state index in [1.54, 1.807) is 12.1 Å². The fourth-order valence-corrected chi connectivity index (χ4v) is 2.10. The molecule has 1 saturated heterocycles. The Kier molecular flexibility index (Phi) is 3.58. The number of pyridine rings is 1. The first-order valence-corrected chi connectivity index (χ1v) is 5.91. The highest BCUT2D eigenvalue weighted by atomic mass is 16.1. The van der Waals surface area contributed by atoms with E-state index in [0.717, 1.165) is 25.2 Å². The number of nitrogens with one attached hydrogen (secondary N) is 2. The van der Waals surface area contributed by atoms with Crippen LogP contribution < -0.4 is 16.4 Å². The SMILES string of the molecule is CC1CC(Nc2ccc(C(N)=O)cn2)CCN1. The summed E-state index contributed by atoms with van der Waals surface area (Å²) in [7, 11) is 0. The number of hydrogen-bond acceptors (Lipinski definition) is 4. The number of rotatable bonds is 3. The third-order valence-electron chi connectivity index (χ3n) is 3.02. The first-order chi connectivity index (χ1) is 8.15. The fraction of sp³-hybridized carbons (Fsp3) is 0.500. The summed E-state index contributed by atoms with van der Waals surface area (Å²) < 4.78 is 0. The minimum atomic E-state index is -0.445. The summed E-state index contributed by atoms with van der Waals surface area (Å²) >= 11 is 0. The van der Waals surface area contributed by atoms with Gasteiger partial charge >= 0.3 is 0 Å². The summed E-state index contributed by atoms with van der Waals surface area (Å²) in [4.78, 5) is 15.1. The third-order valence-corrected chi connectivity index (χ3v) is 3.02. The minimum absolute atomic E-state index is 0.439. The summed E-state index contributed by atoms with van der Waals surface area (Å²) in [5, 5.41) is 6.77. The molecule has 5 nitrogen and oxygen atoms in total. The topological polar surface area (TPSA) is 80.0 Å². The van der Waals surface area contributed by atoms with Gasteiger partial charge in [-0.05, 0) is 38.4 Å². The molecule has 5 heteroatoms. The van der Waals surface area contributed by atoms with E-state index >= 15 is 0 Å². The van der Waals surface area contributed by atoms with Gasteiger partial charge in [0.05, 0.1) is 5.56 Å². The van der Waals surface area contributed by atoms with Crippen LogP contribution in [-0.2, 0) is 0 Å². The number of primary amides is 1. The number of carbonyl (C=O) groups is 1. The second-order valence-electron chi connectivity index (χ2n) is 4.52. The lowest BCUT2D eigenvalue weighted by molar-refractivity contribution is 0.1000. The number of aromatic nitrogens is 1. The summed E-state index contributed by atoms with van der Waals surface area (Å²) in [5.74, 6) is 0.355. The smallest absolute Gasteiger partial charge is 0.250 e. The molecule has 2 rings (SSSR count). The first-order valence-electron chi connectivity index (χ1n) is 5.91. The molecule has 0 saturated carbocycles. The van der Waals surface area contributed by atoms with Crippen LogP contribution in [0.4, 0.5) is 5.82 Å². The molecule has 1 aromatic heterocycles. The Balaban J connectivity index is 1.96. The van der Waals surface area contributed by atoms with Crippen molar-refractivity contribution in [2.45, 2.75) is 31.8 Å². The molecule has 0 aromatic carbocycles. The Morgan fingerprint density at radius 1 is 1.59 bits per heavy atom. The molecule has 92 valence electrons. The van der Waals surface area contributed by atoms with Crippen LogP contribution >= 0.6 is 0 Å². The van der Waals surface area contributed by atoms with E-state index in [0.29, 0.717) is 17.6 Å². The Labute approximate surface area is 101 Å². The maximum Gasteiger partial charge on any atom is 0.250 e. The van der Waals surface area contributed by atoms with Crippen LogP contribution in [0.1, 0.15) is 30.1 Å². The second-order valence-corrected chi connectivity index (χ2v) is 4.52. The average molecular weight is 234 g/mol. The molecule has 2 heterocycles. The van der Waals surface area contributed by atoms with Crippen LogP contribution in [0, 0.1) is 0 Å². The highest BCUT2D eigenvalue weighted by molar-refractivity contribution is 5.92. The van der Waals surface area contributed by atoms with Gasteiger partial charge < -0.3 is 16.4 Å².